The van der Waals surface area contributed by atoms with Crippen molar-refractivity contribution >= 4 is 5.69 Å². The fourth-order valence-corrected chi connectivity index (χ4v) is 2.66. The number of hydrogen-bond acceptors (Lipinski definition) is 3. The Labute approximate surface area is 104 Å². The number of nitrogens with one attached hydrogen (secondary N) is 1. The second-order valence-corrected chi connectivity index (χ2v) is 5.74. The molecule has 0 bridgehead atoms. The molecule has 0 aromatic carbocycles. The topological polar surface area (TPSA) is 50.9 Å². The summed E-state index contributed by atoms with van der Waals surface area (Å²) in [5.74, 6) is 0.766. The normalized spacial score (nSPS) is 23.4. The third kappa shape index (κ3) is 2.78. The van der Waals surface area contributed by atoms with Gasteiger partial charge in [0, 0.05) is 24.1 Å². The lowest BCUT2D eigenvalue weighted by Gasteiger charge is -2.20. The molecule has 3 N–H and O–H groups in total. The van der Waals surface area contributed by atoms with E-state index in [1.165, 1.54) is 12.0 Å². The molecule has 2 rings (SSSR count). The molecule has 1 aromatic rings. The maximum Gasteiger partial charge on any atom is 0.0378 e. The predicted octanol–water partition coefficient (Wildman–Crippen LogP) is 2.23. The number of aromatic nitrogens is 1. The summed E-state index contributed by atoms with van der Waals surface area (Å²) in [6.07, 6.45) is 5.95. The number of nitrogen functional groups attached to an aromatic ring is 1. The highest BCUT2D eigenvalue weighted by atomic mass is 14.9. The lowest BCUT2D eigenvalue weighted by Crippen LogP contribution is -2.34. The zero-order valence-electron chi connectivity index (χ0n) is 11.0. The first-order valence-corrected chi connectivity index (χ1v) is 6.46. The van der Waals surface area contributed by atoms with Crippen molar-refractivity contribution in [3.8, 4) is 0 Å². The summed E-state index contributed by atoms with van der Waals surface area (Å²) >= 11 is 0. The summed E-state index contributed by atoms with van der Waals surface area (Å²) in [6, 6.07) is 2.41. The van der Waals surface area contributed by atoms with Crippen LogP contribution in [0.25, 0.3) is 0 Å². The Balaban J connectivity index is 2.06. The Morgan fingerprint density at radius 2 is 2.29 bits per heavy atom. The molecule has 17 heavy (non-hydrogen) atoms. The molecule has 1 fully saturated rings. The van der Waals surface area contributed by atoms with Crippen LogP contribution in [-0.2, 0) is 6.42 Å². The molecule has 0 radical (unpaired) electrons. The van der Waals surface area contributed by atoms with Gasteiger partial charge in [0.2, 0.25) is 0 Å². The molecule has 0 saturated heterocycles. The largest absolute Gasteiger partial charge is 0.398 e. The molecule has 2 unspecified atom stereocenters. The number of anilines is 1. The van der Waals surface area contributed by atoms with E-state index in [1.807, 2.05) is 12.3 Å². The maximum atomic E-state index is 5.99. The second kappa shape index (κ2) is 4.65. The summed E-state index contributed by atoms with van der Waals surface area (Å²) in [5, 5.41) is 3.59. The Bertz CT molecular complexity index is 387. The average Bonchev–Trinajstić information content (AvgIpc) is 2.90. The molecule has 0 amide bonds. The second-order valence-electron chi connectivity index (χ2n) is 5.74. The van der Waals surface area contributed by atoms with Gasteiger partial charge in [-0.15, -0.1) is 0 Å². The van der Waals surface area contributed by atoms with E-state index in [9.17, 15) is 0 Å². The van der Waals surface area contributed by atoms with Crippen LogP contribution in [-0.4, -0.2) is 17.6 Å². The maximum absolute atomic E-state index is 5.99. The van der Waals surface area contributed by atoms with Gasteiger partial charge in [-0.05, 0) is 42.3 Å². The minimum atomic E-state index is 0.490. The first-order chi connectivity index (χ1) is 8.04. The van der Waals surface area contributed by atoms with Crippen LogP contribution in [0.3, 0.4) is 0 Å². The SMILES string of the molecule is CCNC(Cc1cnccc1N)C1CC1(C)C. The minimum Gasteiger partial charge on any atom is -0.398 e. The zero-order chi connectivity index (χ0) is 12.5. The third-order valence-electron chi connectivity index (χ3n) is 3.92. The molecule has 3 heteroatoms. The third-order valence-corrected chi connectivity index (χ3v) is 3.92. The van der Waals surface area contributed by atoms with Crippen LogP contribution in [0.5, 0.6) is 0 Å². The fraction of sp³-hybridized carbons (Fsp3) is 0.643. The van der Waals surface area contributed by atoms with E-state index < -0.39 is 0 Å². The highest BCUT2D eigenvalue weighted by molar-refractivity contribution is 5.44. The van der Waals surface area contributed by atoms with Crippen LogP contribution in [0, 0.1) is 11.3 Å². The molecule has 3 nitrogen and oxygen atoms in total. The fourth-order valence-electron chi connectivity index (χ4n) is 2.66. The van der Waals surface area contributed by atoms with Crippen LogP contribution < -0.4 is 11.1 Å². The van der Waals surface area contributed by atoms with Crippen LogP contribution in [0.4, 0.5) is 5.69 Å². The van der Waals surface area contributed by atoms with Crippen molar-refractivity contribution in [2.75, 3.05) is 12.3 Å². The van der Waals surface area contributed by atoms with Gasteiger partial charge in [0.15, 0.2) is 0 Å². The van der Waals surface area contributed by atoms with Crippen molar-refractivity contribution in [2.24, 2.45) is 11.3 Å². The lowest BCUT2D eigenvalue weighted by atomic mass is 9.97. The Kier molecular flexibility index (Phi) is 3.38. The molecule has 1 saturated carbocycles. The van der Waals surface area contributed by atoms with Gasteiger partial charge < -0.3 is 11.1 Å². The number of pyridine rings is 1. The highest BCUT2D eigenvalue weighted by Crippen LogP contribution is 2.54. The van der Waals surface area contributed by atoms with Crippen molar-refractivity contribution in [1.29, 1.82) is 0 Å². The molecule has 1 aromatic heterocycles. The van der Waals surface area contributed by atoms with E-state index >= 15 is 0 Å². The summed E-state index contributed by atoms with van der Waals surface area (Å²) in [6.45, 7) is 7.86. The smallest absolute Gasteiger partial charge is 0.0378 e. The molecule has 1 aliphatic carbocycles. The lowest BCUT2D eigenvalue weighted by molar-refractivity contribution is 0.409. The van der Waals surface area contributed by atoms with Crippen molar-refractivity contribution in [2.45, 2.75) is 39.7 Å². The van der Waals surface area contributed by atoms with Crippen LogP contribution in [0.2, 0.25) is 0 Å². The molecule has 1 heterocycles. The van der Waals surface area contributed by atoms with Crippen molar-refractivity contribution < 1.29 is 0 Å². The van der Waals surface area contributed by atoms with Gasteiger partial charge >= 0.3 is 0 Å². The van der Waals surface area contributed by atoms with Gasteiger partial charge in [0.05, 0.1) is 0 Å². The Hall–Kier alpha value is -1.09. The molecule has 0 aliphatic heterocycles. The van der Waals surface area contributed by atoms with E-state index in [1.54, 1.807) is 6.20 Å². The first kappa shape index (κ1) is 12.4. The standard InChI is InChI=1S/C14H23N3/c1-4-17-13(11-8-14(11,2)3)7-10-9-16-6-5-12(10)15/h5-6,9,11,13,17H,4,7-8H2,1-3H3,(H2,15,16). The van der Waals surface area contributed by atoms with E-state index in [2.05, 4.69) is 31.1 Å². The summed E-state index contributed by atoms with van der Waals surface area (Å²) in [5.41, 5.74) is 8.51. The number of rotatable bonds is 5. The van der Waals surface area contributed by atoms with Crippen LogP contribution >= 0.6 is 0 Å². The van der Waals surface area contributed by atoms with E-state index in [0.29, 0.717) is 11.5 Å². The molecule has 2 atom stereocenters. The van der Waals surface area contributed by atoms with Gasteiger partial charge in [0.1, 0.15) is 0 Å². The number of nitrogens with two attached hydrogens (primary N) is 1. The van der Waals surface area contributed by atoms with Gasteiger partial charge in [-0.2, -0.15) is 0 Å². The molecule has 94 valence electrons. The molecular formula is C14H23N3. The minimum absolute atomic E-state index is 0.490. The van der Waals surface area contributed by atoms with E-state index in [-0.39, 0.29) is 0 Å². The molecular weight excluding hydrogens is 210 g/mol. The Morgan fingerprint density at radius 3 is 2.82 bits per heavy atom. The highest BCUT2D eigenvalue weighted by Gasteiger charge is 2.49. The monoisotopic (exact) mass is 233 g/mol. The van der Waals surface area contributed by atoms with Gasteiger partial charge in [0.25, 0.3) is 0 Å². The number of hydrogen-bond donors (Lipinski definition) is 2. The molecule has 0 spiro atoms. The average molecular weight is 233 g/mol. The zero-order valence-corrected chi connectivity index (χ0v) is 11.0. The number of likely N-dealkylation sites (N-methyl/N-ethyl adjacent to an activating group) is 1. The predicted molar refractivity (Wildman–Crippen MR) is 71.7 cm³/mol. The van der Waals surface area contributed by atoms with Crippen molar-refractivity contribution in [1.82, 2.24) is 10.3 Å². The van der Waals surface area contributed by atoms with E-state index in [4.69, 9.17) is 5.73 Å². The van der Waals surface area contributed by atoms with Crippen LogP contribution in [0.15, 0.2) is 18.5 Å². The number of nitrogens with zero attached hydrogens (tertiary/aromatic N) is 1. The summed E-state index contributed by atoms with van der Waals surface area (Å²) in [7, 11) is 0. The van der Waals surface area contributed by atoms with Gasteiger partial charge in [-0.25, -0.2) is 0 Å². The summed E-state index contributed by atoms with van der Waals surface area (Å²) in [4.78, 5) is 4.17. The first-order valence-electron chi connectivity index (χ1n) is 6.46. The molecule has 1 aliphatic rings. The van der Waals surface area contributed by atoms with Gasteiger partial charge in [-0.1, -0.05) is 20.8 Å². The van der Waals surface area contributed by atoms with Gasteiger partial charge in [-0.3, -0.25) is 4.98 Å². The Morgan fingerprint density at radius 1 is 1.59 bits per heavy atom. The summed E-state index contributed by atoms with van der Waals surface area (Å²) < 4.78 is 0. The quantitative estimate of drug-likeness (QED) is 0.820. The van der Waals surface area contributed by atoms with Crippen molar-refractivity contribution in [3.63, 3.8) is 0 Å². The van der Waals surface area contributed by atoms with Crippen LogP contribution in [0.1, 0.15) is 32.8 Å². The van der Waals surface area contributed by atoms with E-state index in [0.717, 1.165) is 24.6 Å². The van der Waals surface area contributed by atoms with Crippen molar-refractivity contribution in [3.05, 3.63) is 24.0 Å².